The highest BCUT2D eigenvalue weighted by Crippen LogP contribution is 2.27. The molecule has 1 aromatic heterocycles. The lowest BCUT2D eigenvalue weighted by Crippen LogP contribution is -2.47. The normalized spacial score (nSPS) is 13.3. The van der Waals surface area contributed by atoms with E-state index in [4.69, 9.17) is 5.73 Å². The molecule has 0 saturated heterocycles. The fourth-order valence-electron chi connectivity index (χ4n) is 2.39. The Hall–Kier alpha value is -2.34. The molecular formula is C18H23N3O2S. The van der Waals surface area contributed by atoms with Gasteiger partial charge in [0.15, 0.2) is 0 Å². The van der Waals surface area contributed by atoms with Crippen LogP contribution in [0, 0.1) is 0 Å². The molecule has 0 unspecified atom stereocenters. The van der Waals surface area contributed by atoms with Crippen LogP contribution >= 0.6 is 11.3 Å². The number of primary amides is 1. The van der Waals surface area contributed by atoms with E-state index in [1.165, 1.54) is 5.56 Å². The van der Waals surface area contributed by atoms with Crippen molar-refractivity contribution in [2.75, 3.05) is 0 Å². The lowest BCUT2D eigenvalue weighted by Gasteiger charge is -2.21. The van der Waals surface area contributed by atoms with E-state index in [9.17, 15) is 9.59 Å². The summed E-state index contributed by atoms with van der Waals surface area (Å²) >= 11 is 1.58. The molecule has 1 aromatic carbocycles. The van der Waals surface area contributed by atoms with Crippen molar-refractivity contribution in [3.05, 3.63) is 57.8 Å². The van der Waals surface area contributed by atoms with Crippen molar-refractivity contribution in [1.82, 2.24) is 10.6 Å². The lowest BCUT2D eigenvalue weighted by atomic mass is 9.98. The topological polar surface area (TPSA) is 84.2 Å². The summed E-state index contributed by atoms with van der Waals surface area (Å²) in [5, 5.41) is 7.36. The number of hydrogen-bond donors (Lipinski definition) is 3. The van der Waals surface area contributed by atoms with Crippen molar-refractivity contribution in [2.24, 2.45) is 5.73 Å². The monoisotopic (exact) mass is 345 g/mol. The van der Waals surface area contributed by atoms with E-state index in [0.29, 0.717) is 5.92 Å². The predicted octanol–water partition coefficient (Wildman–Crippen LogP) is 3.13. The molecule has 5 nitrogen and oxygen atoms in total. The highest BCUT2D eigenvalue weighted by atomic mass is 32.1. The second kappa shape index (κ2) is 7.97. The van der Waals surface area contributed by atoms with Gasteiger partial charge in [-0.1, -0.05) is 44.2 Å². The van der Waals surface area contributed by atoms with E-state index in [0.717, 1.165) is 10.4 Å². The average molecular weight is 345 g/mol. The van der Waals surface area contributed by atoms with E-state index in [1.54, 1.807) is 18.3 Å². The maximum Gasteiger partial charge on any atom is 0.312 e. The third-order valence-electron chi connectivity index (χ3n) is 3.80. The Balaban J connectivity index is 2.23. The van der Waals surface area contributed by atoms with Crippen molar-refractivity contribution >= 4 is 23.3 Å². The lowest BCUT2D eigenvalue weighted by molar-refractivity contribution is -0.123. The molecule has 24 heavy (non-hydrogen) atoms. The molecule has 0 fully saturated rings. The minimum atomic E-state index is -0.716. The van der Waals surface area contributed by atoms with Crippen LogP contribution < -0.4 is 16.4 Å². The third-order valence-corrected chi connectivity index (χ3v) is 4.74. The smallest absolute Gasteiger partial charge is 0.312 e. The van der Waals surface area contributed by atoms with Crippen molar-refractivity contribution in [1.29, 1.82) is 0 Å². The van der Waals surface area contributed by atoms with Crippen LogP contribution in [0.5, 0.6) is 0 Å². The zero-order valence-electron chi connectivity index (χ0n) is 14.1. The zero-order chi connectivity index (χ0) is 17.7. The number of nitrogens with one attached hydrogen (secondary N) is 2. The minimum Gasteiger partial charge on any atom is -0.352 e. The molecule has 0 aliphatic carbocycles. The van der Waals surface area contributed by atoms with E-state index in [2.05, 4.69) is 36.6 Å². The molecular weight excluding hydrogens is 322 g/mol. The average Bonchev–Trinajstić information content (AvgIpc) is 3.06. The quantitative estimate of drug-likeness (QED) is 0.751. The second-order valence-corrected chi connectivity index (χ2v) is 6.99. The fraction of sp³-hybridized carbons (Fsp3) is 0.333. The Morgan fingerprint density at radius 1 is 1.00 bits per heavy atom. The largest absolute Gasteiger partial charge is 0.352 e. The first-order valence-electron chi connectivity index (χ1n) is 7.88. The van der Waals surface area contributed by atoms with Crippen LogP contribution in [0.15, 0.2) is 41.8 Å². The van der Waals surface area contributed by atoms with Gasteiger partial charge in [0, 0.05) is 4.88 Å². The maximum absolute atomic E-state index is 12.4. The number of carbonyl (C=O) groups excluding carboxylic acids is 2. The van der Waals surface area contributed by atoms with E-state index >= 15 is 0 Å². The molecule has 0 spiro atoms. The molecule has 2 atom stereocenters. The first-order chi connectivity index (χ1) is 11.4. The van der Waals surface area contributed by atoms with Crippen LogP contribution in [0.1, 0.15) is 48.7 Å². The summed E-state index contributed by atoms with van der Waals surface area (Å²) in [6, 6.07) is 10.5. The Morgan fingerprint density at radius 2 is 1.62 bits per heavy atom. The second-order valence-electron chi connectivity index (χ2n) is 6.01. The van der Waals surface area contributed by atoms with E-state index in [1.807, 2.05) is 29.6 Å². The van der Waals surface area contributed by atoms with Crippen LogP contribution in [-0.2, 0) is 4.79 Å². The van der Waals surface area contributed by atoms with E-state index in [-0.39, 0.29) is 11.9 Å². The van der Waals surface area contributed by atoms with Gasteiger partial charge in [0.2, 0.25) is 5.91 Å². The molecule has 1 heterocycles. The van der Waals surface area contributed by atoms with Gasteiger partial charge in [-0.2, -0.15) is 0 Å². The number of nitrogens with two attached hydrogens (primary N) is 1. The highest BCUT2D eigenvalue weighted by molar-refractivity contribution is 7.10. The molecule has 0 aliphatic rings. The van der Waals surface area contributed by atoms with Gasteiger partial charge < -0.3 is 16.4 Å². The van der Waals surface area contributed by atoms with Crippen LogP contribution in [0.25, 0.3) is 0 Å². The molecule has 0 saturated carbocycles. The molecule has 0 aliphatic heterocycles. The number of hydrogen-bond acceptors (Lipinski definition) is 3. The fourth-order valence-corrected chi connectivity index (χ4v) is 3.20. The minimum absolute atomic E-state index is 0.254. The third kappa shape index (κ3) is 4.58. The standard InChI is InChI=1S/C18H23N3O2S/c1-11(2)13-6-8-14(9-7-13)16(15-5-4-10-24-15)21-17(22)12(3)20-18(19)23/h4-12,16H,1-3H3,(H,21,22)(H3,19,20,23)/t12-,16-/m1/s1. The summed E-state index contributed by atoms with van der Waals surface area (Å²) in [5.41, 5.74) is 7.33. The van der Waals surface area contributed by atoms with Crippen LogP contribution in [0.3, 0.4) is 0 Å². The summed E-state index contributed by atoms with van der Waals surface area (Å²) in [6.07, 6.45) is 0. The Morgan fingerprint density at radius 3 is 2.12 bits per heavy atom. The van der Waals surface area contributed by atoms with Crippen molar-refractivity contribution in [3.8, 4) is 0 Å². The first-order valence-corrected chi connectivity index (χ1v) is 8.76. The van der Waals surface area contributed by atoms with Gasteiger partial charge in [-0.05, 0) is 35.4 Å². The molecule has 3 amide bonds. The highest BCUT2D eigenvalue weighted by Gasteiger charge is 2.22. The zero-order valence-corrected chi connectivity index (χ0v) is 14.9. The maximum atomic E-state index is 12.4. The predicted molar refractivity (Wildman–Crippen MR) is 97.0 cm³/mol. The summed E-state index contributed by atoms with van der Waals surface area (Å²) < 4.78 is 0. The molecule has 4 N–H and O–H groups in total. The number of benzene rings is 1. The summed E-state index contributed by atoms with van der Waals surface area (Å²) in [5.74, 6) is 0.175. The molecule has 128 valence electrons. The van der Waals surface area contributed by atoms with Gasteiger partial charge in [0.05, 0.1) is 6.04 Å². The number of carbonyl (C=O) groups is 2. The summed E-state index contributed by atoms with van der Waals surface area (Å²) in [7, 11) is 0. The Kier molecular flexibility index (Phi) is 5.98. The van der Waals surface area contributed by atoms with Gasteiger partial charge >= 0.3 is 6.03 Å². The van der Waals surface area contributed by atoms with Gasteiger partial charge in [-0.25, -0.2) is 4.79 Å². The summed E-state index contributed by atoms with van der Waals surface area (Å²) in [4.78, 5) is 24.3. The first kappa shape index (κ1) is 18.0. The Bertz CT molecular complexity index is 681. The molecule has 0 bridgehead atoms. The van der Waals surface area contributed by atoms with Gasteiger partial charge in [0.1, 0.15) is 6.04 Å². The molecule has 6 heteroatoms. The molecule has 2 rings (SSSR count). The van der Waals surface area contributed by atoms with E-state index < -0.39 is 12.1 Å². The number of thiophene rings is 1. The SMILES string of the molecule is CC(C)c1ccc([C@@H](NC(=O)[C@@H](C)NC(N)=O)c2cccs2)cc1. The Labute approximate surface area is 146 Å². The molecule has 0 radical (unpaired) electrons. The van der Waals surface area contributed by atoms with Crippen molar-refractivity contribution < 1.29 is 9.59 Å². The van der Waals surface area contributed by atoms with Crippen molar-refractivity contribution in [3.63, 3.8) is 0 Å². The van der Waals surface area contributed by atoms with Crippen molar-refractivity contribution in [2.45, 2.75) is 38.8 Å². The number of amides is 3. The van der Waals surface area contributed by atoms with Crippen LogP contribution in [0.2, 0.25) is 0 Å². The van der Waals surface area contributed by atoms with Gasteiger partial charge in [0.25, 0.3) is 0 Å². The van der Waals surface area contributed by atoms with Gasteiger partial charge in [-0.15, -0.1) is 11.3 Å². The summed E-state index contributed by atoms with van der Waals surface area (Å²) in [6.45, 7) is 5.89. The van der Waals surface area contributed by atoms with Crippen LogP contribution in [0.4, 0.5) is 4.79 Å². The molecule has 2 aromatic rings. The van der Waals surface area contributed by atoms with Crippen LogP contribution in [-0.4, -0.2) is 18.0 Å². The number of urea groups is 1. The van der Waals surface area contributed by atoms with Gasteiger partial charge in [-0.3, -0.25) is 4.79 Å². The number of rotatable bonds is 6.